The third kappa shape index (κ3) is 6.82. The molecule has 6 aromatic rings. The summed E-state index contributed by atoms with van der Waals surface area (Å²) in [4.78, 5) is 74.1. The maximum atomic E-state index is 13.4. The number of imide groups is 1. The van der Waals surface area contributed by atoms with Gasteiger partial charge in [-0.2, -0.15) is 0 Å². The number of carbonyl (C=O) groups is 5. The lowest BCUT2D eigenvalue weighted by atomic mass is 9.94. The number of fused-ring (bicyclic) bond motifs is 3. The first-order chi connectivity index (χ1) is 28.2. The number of aromatic nitrogens is 2. The standard InChI is InChI=1S/C46H39N7O5/c1-2-26-19-34(43-39(20-26)51-42(55)16-17-47-43)32-10-4-8-29-21-38(49-24-35(29)32)30-12-13-37(48-23-30)44(56)50-22-27-6-3-7-28(18-27)31-9-5-11-33-36(31)25-53(46(33)58)40-14-15-41(54)52-45(40)57/h3-13,18-21,23-24,40,47H,2,14-17,22,25H2,1H3,(H,50,56)(H,51,55)(H,52,54,57). The molecule has 1 unspecified atom stereocenters. The summed E-state index contributed by atoms with van der Waals surface area (Å²) < 4.78 is 0. The summed E-state index contributed by atoms with van der Waals surface area (Å²) in [6.07, 6.45) is 5.24. The van der Waals surface area contributed by atoms with E-state index < -0.39 is 11.9 Å². The van der Waals surface area contributed by atoms with Gasteiger partial charge in [-0.3, -0.25) is 39.3 Å². The molecule has 2 aromatic heterocycles. The van der Waals surface area contributed by atoms with Gasteiger partial charge < -0.3 is 20.9 Å². The number of piperidine rings is 1. The fourth-order valence-electron chi connectivity index (χ4n) is 8.14. The first-order valence-corrected chi connectivity index (χ1v) is 19.4. The number of nitrogens with zero attached hydrogens (tertiary/aromatic N) is 3. The van der Waals surface area contributed by atoms with Crippen molar-refractivity contribution in [3.8, 4) is 33.5 Å². The third-order valence-corrected chi connectivity index (χ3v) is 11.2. The van der Waals surface area contributed by atoms with Gasteiger partial charge in [0, 0.05) is 66.9 Å². The SMILES string of the molecule is CCc1cc2c(c(-c3cccc4cc(-c5ccc(C(=O)NCc6cccc(-c7cccc8c7CN(C7CCC(=O)NC7=O)C8=O)c6)nc5)ncc34)c1)NCCC(=O)N2. The fraction of sp³-hybridized carbons (Fsp3) is 0.196. The topological polar surface area (TPSA) is 162 Å². The number of benzene rings is 4. The normalized spacial score (nSPS) is 16.2. The molecular formula is C46H39N7O5. The smallest absolute Gasteiger partial charge is 0.270 e. The van der Waals surface area contributed by atoms with E-state index in [2.05, 4.69) is 45.3 Å². The van der Waals surface area contributed by atoms with Crippen molar-refractivity contribution in [1.29, 1.82) is 0 Å². The monoisotopic (exact) mass is 769 g/mol. The molecule has 1 saturated heterocycles. The van der Waals surface area contributed by atoms with Crippen molar-refractivity contribution in [3.05, 3.63) is 131 Å². The number of rotatable bonds is 8. The molecule has 4 aromatic carbocycles. The second kappa shape index (κ2) is 15.0. The molecule has 0 aliphatic carbocycles. The van der Waals surface area contributed by atoms with Gasteiger partial charge in [-0.05, 0) is 94.1 Å². The molecule has 0 spiro atoms. The van der Waals surface area contributed by atoms with Crippen LogP contribution >= 0.6 is 0 Å². The van der Waals surface area contributed by atoms with Crippen LogP contribution in [0.5, 0.6) is 0 Å². The average molecular weight is 770 g/mol. The number of pyridine rings is 2. The lowest BCUT2D eigenvalue weighted by Crippen LogP contribution is -2.52. The Balaban J connectivity index is 0.895. The highest BCUT2D eigenvalue weighted by Gasteiger charge is 2.40. The highest BCUT2D eigenvalue weighted by Crippen LogP contribution is 2.41. The number of anilines is 2. The lowest BCUT2D eigenvalue weighted by Gasteiger charge is -2.29. The lowest BCUT2D eigenvalue weighted by molar-refractivity contribution is -0.137. The summed E-state index contributed by atoms with van der Waals surface area (Å²) >= 11 is 0. The molecule has 0 bridgehead atoms. The second-order valence-corrected chi connectivity index (χ2v) is 14.8. The first-order valence-electron chi connectivity index (χ1n) is 19.4. The molecule has 4 N–H and O–H groups in total. The largest absolute Gasteiger partial charge is 0.382 e. The van der Waals surface area contributed by atoms with E-state index in [-0.39, 0.29) is 48.8 Å². The van der Waals surface area contributed by atoms with Crippen LogP contribution in [-0.2, 0) is 33.9 Å². The Labute approximate surface area is 334 Å². The molecule has 0 radical (unpaired) electrons. The van der Waals surface area contributed by atoms with Crippen LogP contribution in [0.15, 0.2) is 103 Å². The summed E-state index contributed by atoms with van der Waals surface area (Å²) in [6, 6.07) is 28.5. The van der Waals surface area contributed by atoms with Crippen LogP contribution < -0.4 is 21.3 Å². The van der Waals surface area contributed by atoms with Crippen molar-refractivity contribution < 1.29 is 24.0 Å². The summed E-state index contributed by atoms with van der Waals surface area (Å²) in [7, 11) is 0. The maximum Gasteiger partial charge on any atom is 0.270 e. The Bertz CT molecular complexity index is 2690. The van der Waals surface area contributed by atoms with Crippen LogP contribution in [0.1, 0.15) is 63.7 Å². The zero-order chi connectivity index (χ0) is 39.9. The van der Waals surface area contributed by atoms with Crippen LogP contribution in [0.4, 0.5) is 11.4 Å². The summed E-state index contributed by atoms with van der Waals surface area (Å²) in [6.45, 7) is 3.17. The number of carbonyl (C=O) groups excluding carboxylic acids is 5. The second-order valence-electron chi connectivity index (χ2n) is 14.8. The molecule has 3 aliphatic rings. The minimum Gasteiger partial charge on any atom is -0.382 e. The Hall–Kier alpha value is -7.21. The van der Waals surface area contributed by atoms with Crippen molar-refractivity contribution in [3.63, 3.8) is 0 Å². The summed E-state index contributed by atoms with van der Waals surface area (Å²) in [5, 5.41) is 13.8. The van der Waals surface area contributed by atoms with Gasteiger partial charge in [0.15, 0.2) is 0 Å². The Kier molecular flexibility index (Phi) is 9.44. The predicted molar refractivity (Wildman–Crippen MR) is 221 cm³/mol. The van der Waals surface area contributed by atoms with E-state index in [9.17, 15) is 24.0 Å². The number of amides is 5. The van der Waals surface area contributed by atoms with Crippen molar-refractivity contribution in [2.24, 2.45) is 0 Å². The molecule has 9 rings (SSSR count). The van der Waals surface area contributed by atoms with Crippen molar-refractivity contribution >= 4 is 51.7 Å². The van der Waals surface area contributed by atoms with Crippen molar-refractivity contribution in [2.75, 3.05) is 17.2 Å². The van der Waals surface area contributed by atoms with E-state index in [1.807, 2.05) is 72.9 Å². The van der Waals surface area contributed by atoms with Gasteiger partial charge in [0.1, 0.15) is 11.7 Å². The van der Waals surface area contributed by atoms with Crippen LogP contribution in [-0.4, -0.2) is 57.0 Å². The molecule has 288 valence electrons. The highest BCUT2D eigenvalue weighted by atomic mass is 16.2. The van der Waals surface area contributed by atoms with Crippen LogP contribution in [0, 0.1) is 0 Å². The van der Waals surface area contributed by atoms with E-state index >= 15 is 0 Å². The van der Waals surface area contributed by atoms with E-state index in [1.165, 1.54) is 0 Å². The molecule has 12 nitrogen and oxygen atoms in total. The van der Waals surface area contributed by atoms with Crippen molar-refractivity contribution in [1.82, 2.24) is 25.5 Å². The Morgan fingerprint density at radius 2 is 1.59 bits per heavy atom. The van der Waals surface area contributed by atoms with Gasteiger partial charge in [-0.25, -0.2) is 0 Å². The van der Waals surface area contributed by atoms with Gasteiger partial charge in [0.2, 0.25) is 17.7 Å². The average Bonchev–Trinajstić information content (AvgIpc) is 3.45. The predicted octanol–water partition coefficient (Wildman–Crippen LogP) is 6.64. The molecule has 5 amide bonds. The molecule has 0 saturated carbocycles. The zero-order valence-corrected chi connectivity index (χ0v) is 31.7. The van der Waals surface area contributed by atoms with Crippen LogP contribution in [0.2, 0.25) is 0 Å². The molecule has 58 heavy (non-hydrogen) atoms. The first kappa shape index (κ1) is 36.4. The molecular weight excluding hydrogens is 731 g/mol. The Morgan fingerprint density at radius 1 is 0.776 bits per heavy atom. The van der Waals surface area contributed by atoms with Crippen molar-refractivity contribution in [2.45, 2.75) is 51.7 Å². The van der Waals surface area contributed by atoms with Gasteiger partial charge >= 0.3 is 0 Å². The molecule has 1 atom stereocenters. The minimum atomic E-state index is -0.692. The van der Waals surface area contributed by atoms with Gasteiger partial charge in [0.05, 0.1) is 17.1 Å². The van der Waals surface area contributed by atoms with Gasteiger partial charge in [-0.1, -0.05) is 55.5 Å². The molecule has 1 fully saturated rings. The summed E-state index contributed by atoms with van der Waals surface area (Å²) in [5.41, 5.74) is 10.6. The van der Waals surface area contributed by atoms with Gasteiger partial charge in [0.25, 0.3) is 11.8 Å². The number of nitrogens with one attached hydrogen (secondary N) is 4. The fourth-order valence-corrected chi connectivity index (χ4v) is 8.14. The third-order valence-electron chi connectivity index (χ3n) is 11.2. The molecule has 12 heteroatoms. The highest BCUT2D eigenvalue weighted by molar-refractivity contribution is 6.07. The van der Waals surface area contributed by atoms with E-state index in [4.69, 9.17) is 4.98 Å². The Morgan fingerprint density at radius 3 is 2.41 bits per heavy atom. The zero-order valence-electron chi connectivity index (χ0n) is 31.7. The maximum absolute atomic E-state index is 13.4. The van der Waals surface area contributed by atoms with E-state index in [0.29, 0.717) is 24.9 Å². The van der Waals surface area contributed by atoms with Crippen LogP contribution in [0.25, 0.3) is 44.3 Å². The summed E-state index contributed by atoms with van der Waals surface area (Å²) in [5.74, 6) is -1.32. The number of hydrogen-bond acceptors (Lipinski definition) is 8. The number of aryl methyl sites for hydroxylation is 1. The quantitative estimate of drug-likeness (QED) is 0.125. The van der Waals surface area contributed by atoms with E-state index in [1.54, 1.807) is 23.2 Å². The van der Waals surface area contributed by atoms with Crippen LogP contribution in [0.3, 0.4) is 0 Å². The molecule has 3 aliphatic heterocycles. The molecule has 5 heterocycles. The van der Waals surface area contributed by atoms with Gasteiger partial charge in [-0.15, -0.1) is 0 Å². The minimum absolute atomic E-state index is 0.00700. The number of hydrogen-bond donors (Lipinski definition) is 4. The van der Waals surface area contributed by atoms with E-state index in [0.717, 1.165) is 78.8 Å².